The molecule has 20 heavy (non-hydrogen) atoms. The fraction of sp³-hybridized carbons (Fsp3) is 0.154. The highest BCUT2D eigenvalue weighted by molar-refractivity contribution is 7.93. The molecule has 1 heterocycles. The van der Waals surface area contributed by atoms with Gasteiger partial charge in [-0.1, -0.05) is 0 Å². The van der Waals surface area contributed by atoms with Crippen molar-refractivity contribution in [2.45, 2.75) is 4.90 Å². The number of aromatic nitrogens is 1. The lowest BCUT2D eigenvalue weighted by Gasteiger charge is -2.20. The third-order valence-electron chi connectivity index (χ3n) is 2.87. The standard InChI is InChI=1S/C13H15N3O3S/c1-16(10-5-7-11(19-2)8-6-10)20(17,18)12-4-3-9-15-13(12)14/h3-9H,1-2H3,(H2,14,15). The molecule has 2 N–H and O–H groups in total. The second-order valence-corrected chi connectivity index (χ2v) is 6.00. The quantitative estimate of drug-likeness (QED) is 0.923. The van der Waals surface area contributed by atoms with Gasteiger partial charge in [-0.2, -0.15) is 0 Å². The van der Waals surface area contributed by atoms with Crippen LogP contribution in [0, 0.1) is 0 Å². The lowest BCUT2D eigenvalue weighted by molar-refractivity contribution is 0.415. The molecule has 0 atom stereocenters. The van der Waals surface area contributed by atoms with Crippen LogP contribution in [0.3, 0.4) is 0 Å². The molecule has 1 aromatic heterocycles. The van der Waals surface area contributed by atoms with Crippen LogP contribution >= 0.6 is 0 Å². The Balaban J connectivity index is 2.41. The van der Waals surface area contributed by atoms with E-state index in [1.165, 1.54) is 25.4 Å². The number of nitrogen functional groups attached to an aromatic ring is 1. The molecule has 2 aromatic rings. The van der Waals surface area contributed by atoms with Gasteiger partial charge in [-0.3, -0.25) is 4.31 Å². The van der Waals surface area contributed by atoms with Gasteiger partial charge in [0.05, 0.1) is 12.8 Å². The van der Waals surface area contributed by atoms with Crippen molar-refractivity contribution < 1.29 is 13.2 Å². The topological polar surface area (TPSA) is 85.5 Å². The van der Waals surface area contributed by atoms with Crippen molar-refractivity contribution in [3.63, 3.8) is 0 Å². The Hall–Kier alpha value is -2.28. The summed E-state index contributed by atoms with van der Waals surface area (Å²) in [4.78, 5) is 3.79. The number of benzene rings is 1. The smallest absolute Gasteiger partial charge is 0.267 e. The highest BCUT2D eigenvalue weighted by Gasteiger charge is 2.24. The molecule has 0 saturated carbocycles. The van der Waals surface area contributed by atoms with E-state index in [9.17, 15) is 8.42 Å². The molecule has 0 amide bonds. The average Bonchev–Trinajstić information content (AvgIpc) is 2.47. The zero-order valence-corrected chi connectivity index (χ0v) is 12.0. The van der Waals surface area contributed by atoms with Crippen LogP contribution in [0.5, 0.6) is 5.75 Å². The predicted molar refractivity (Wildman–Crippen MR) is 77.2 cm³/mol. The van der Waals surface area contributed by atoms with Crippen molar-refractivity contribution in [3.05, 3.63) is 42.6 Å². The summed E-state index contributed by atoms with van der Waals surface area (Å²) in [7, 11) is -0.728. The average molecular weight is 293 g/mol. The van der Waals surface area contributed by atoms with Crippen LogP contribution in [-0.2, 0) is 10.0 Å². The Morgan fingerprint density at radius 1 is 1.20 bits per heavy atom. The second kappa shape index (κ2) is 5.38. The molecule has 7 heteroatoms. The van der Waals surface area contributed by atoms with Crippen molar-refractivity contribution >= 4 is 21.5 Å². The van der Waals surface area contributed by atoms with Crippen molar-refractivity contribution in [1.82, 2.24) is 4.98 Å². The van der Waals surface area contributed by atoms with E-state index >= 15 is 0 Å². The molecular formula is C13H15N3O3S. The molecule has 0 aliphatic heterocycles. The maximum Gasteiger partial charge on any atom is 0.267 e. The number of hydrogen-bond acceptors (Lipinski definition) is 5. The molecule has 0 spiro atoms. The summed E-state index contributed by atoms with van der Waals surface area (Å²) >= 11 is 0. The first-order valence-corrected chi connectivity index (χ1v) is 7.24. The Labute approximate surface area is 117 Å². The Morgan fingerprint density at radius 3 is 2.40 bits per heavy atom. The van der Waals surface area contributed by atoms with Crippen LogP contribution in [0.15, 0.2) is 47.5 Å². The SMILES string of the molecule is COc1ccc(N(C)S(=O)(=O)c2cccnc2N)cc1. The summed E-state index contributed by atoms with van der Waals surface area (Å²) in [5.41, 5.74) is 6.14. The molecule has 6 nitrogen and oxygen atoms in total. The zero-order chi connectivity index (χ0) is 14.8. The lowest BCUT2D eigenvalue weighted by atomic mass is 10.3. The fourth-order valence-corrected chi connectivity index (χ4v) is 2.96. The number of sulfonamides is 1. The summed E-state index contributed by atoms with van der Waals surface area (Å²) in [6, 6.07) is 9.65. The molecule has 1 aromatic carbocycles. The largest absolute Gasteiger partial charge is 0.497 e. The number of ether oxygens (including phenoxy) is 1. The number of hydrogen-bond donors (Lipinski definition) is 1. The van der Waals surface area contributed by atoms with Crippen LogP contribution in [0.1, 0.15) is 0 Å². The summed E-state index contributed by atoms with van der Waals surface area (Å²) in [5.74, 6) is 0.633. The number of anilines is 2. The molecule has 0 aliphatic rings. The normalized spacial score (nSPS) is 11.1. The first kappa shape index (κ1) is 14.1. The molecule has 0 aliphatic carbocycles. The second-order valence-electron chi connectivity index (χ2n) is 4.06. The molecule has 0 fully saturated rings. The van der Waals surface area contributed by atoms with Crippen LogP contribution in [-0.4, -0.2) is 27.6 Å². The molecule has 0 saturated heterocycles. The third kappa shape index (κ3) is 2.53. The molecule has 0 unspecified atom stereocenters. The van der Waals surface area contributed by atoms with E-state index < -0.39 is 10.0 Å². The van der Waals surface area contributed by atoms with E-state index in [0.717, 1.165) is 4.31 Å². The zero-order valence-electron chi connectivity index (χ0n) is 11.1. The maximum absolute atomic E-state index is 12.5. The van der Waals surface area contributed by atoms with E-state index in [0.29, 0.717) is 11.4 Å². The van der Waals surface area contributed by atoms with Crippen molar-refractivity contribution in [2.24, 2.45) is 0 Å². The van der Waals surface area contributed by atoms with Crippen LogP contribution in [0.25, 0.3) is 0 Å². The van der Waals surface area contributed by atoms with Gasteiger partial charge in [0.15, 0.2) is 0 Å². The minimum absolute atomic E-state index is 0.0154. The first-order valence-electron chi connectivity index (χ1n) is 5.80. The van der Waals surface area contributed by atoms with E-state index in [1.807, 2.05) is 0 Å². The van der Waals surface area contributed by atoms with Gasteiger partial charge >= 0.3 is 0 Å². The maximum atomic E-state index is 12.5. The van der Waals surface area contributed by atoms with E-state index in [-0.39, 0.29) is 10.7 Å². The summed E-state index contributed by atoms with van der Waals surface area (Å²) in [5, 5.41) is 0. The predicted octanol–water partition coefficient (Wildman–Crippen LogP) is 1.50. The van der Waals surface area contributed by atoms with Gasteiger partial charge < -0.3 is 10.5 Å². The van der Waals surface area contributed by atoms with Crippen LogP contribution in [0.4, 0.5) is 11.5 Å². The van der Waals surface area contributed by atoms with E-state index in [4.69, 9.17) is 10.5 Å². The first-order chi connectivity index (χ1) is 9.46. The molecule has 0 radical (unpaired) electrons. The monoisotopic (exact) mass is 293 g/mol. The van der Waals surface area contributed by atoms with Gasteiger partial charge in [-0.15, -0.1) is 0 Å². The molecule has 0 bridgehead atoms. The van der Waals surface area contributed by atoms with Crippen molar-refractivity contribution in [3.8, 4) is 5.75 Å². The lowest BCUT2D eigenvalue weighted by Crippen LogP contribution is -2.27. The third-order valence-corrected chi connectivity index (χ3v) is 4.71. The molecular weight excluding hydrogens is 278 g/mol. The highest BCUT2D eigenvalue weighted by atomic mass is 32.2. The Bertz CT molecular complexity index is 699. The Morgan fingerprint density at radius 2 is 1.85 bits per heavy atom. The van der Waals surface area contributed by atoms with Gasteiger partial charge in [-0.05, 0) is 36.4 Å². The van der Waals surface area contributed by atoms with E-state index in [1.54, 1.807) is 31.4 Å². The van der Waals surface area contributed by atoms with Crippen LogP contribution in [0.2, 0.25) is 0 Å². The Kier molecular flexibility index (Phi) is 3.80. The minimum atomic E-state index is -3.74. The van der Waals surface area contributed by atoms with Gasteiger partial charge in [0, 0.05) is 13.2 Å². The number of pyridine rings is 1. The summed E-state index contributed by atoms with van der Waals surface area (Å²) < 4.78 is 31.2. The highest BCUT2D eigenvalue weighted by Crippen LogP contribution is 2.25. The molecule has 106 valence electrons. The number of nitrogens with two attached hydrogens (primary N) is 1. The van der Waals surface area contributed by atoms with E-state index in [2.05, 4.69) is 4.98 Å². The number of nitrogens with zero attached hydrogens (tertiary/aromatic N) is 2. The number of methoxy groups -OCH3 is 1. The van der Waals surface area contributed by atoms with Gasteiger partial charge in [0.1, 0.15) is 16.5 Å². The minimum Gasteiger partial charge on any atom is -0.497 e. The van der Waals surface area contributed by atoms with Crippen molar-refractivity contribution in [2.75, 3.05) is 24.2 Å². The fourth-order valence-electron chi connectivity index (χ4n) is 1.70. The van der Waals surface area contributed by atoms with Gasteiger partial charge in [-0.25, -0.2) is 13.4 Å². The molecule has 2 rings (SSSR count). The van der Waals surface area contributed by atoms with Gasteiger partial charge in [0.2, 0.25) is 0 Å². The van der Waals surface area contributed by atoms with Crippen LogP contribution < -0.4 is 14.8 Å². The summed E-state index contributed by atoms with van der Waals surface area (Å²) in [6.07, 6.45) is 1.45. The van der Waals surface area contributed by atoms with Gasteiger partial charge in [0.25, 0.3) is 10.0 Å². The summed E-state index contributed by atoms with van der Waals surface area (Å²) in [6.45, 7) is 0. The van der Waals surface area contributed by atoms with Crippen molar-refractivity contribution in [1.29, 1.82) is 0 Å². The number of rotatable bonds is 4.